The second-order valence-corrected chi connectivity index (χ2v) is 4.31. The number of anilines is 1. The van der Waals surface area contributed by atoms with Gasteiger partial charge < -0.3 is 26.6 Å². The summed E-state index contributed by atoms with van der Waals surface area (Å²) < 4.78 is 0. The van der Waals surface area contributed by atoms with E-state index in [0.717, 1.165) is 6.07 Å². The van der Waals surface area contributed by atoms with Crippen molar-refractivity contribution < 1.29 is 15.0 Å². The zero-order valence-electron chi connectivity index (χ0n) is 11.9. The fraction of sp³-hybridized carbons (Fsp3) is 0.286. The van der Waals surface area contributed by atoms with Gasteiger partial charge in [0, 0.05) is 18.7 Å². The zero-order chi connectivity index (χ0) is 16.2. The number of rotatable bonds is 4. The van der Waals surface area contributed by atoms with E-state index >= 15 is 0 Å². The summed E-state index contributed by atoms with van der Waals surface area (Å²) in [5.74, 6) is -1.44. The number of phenols is 2. The summed E-state index contributed by atoms with van der Waals surface area (Å²) in [6.07, 6.45) is 0. The van der Waals surface area contributed by atoms with Gasteiger partial charge in [-0.15, -0.1) is 0 Å². The number of hydrogen-bond donors (Lipinski definition) is 4. The van der Waals surface area contributed by atoms with E-state index in [-0.39, 0.29) is 22.5 Å². The molecule has 112 valence electrons. The van der Waals surface area contributed by atoms with Gasteiger partial charge in [-0.3, -0.25) is 4.79 Å². The summed E-state index contributed by atoms with van der Waals surface area (Å²) in [6, 6.07) is 4.22. The fourth-order valence-corrected chi connectivity index (χ4v) is 1.83. The summed E-state index contributed by atoms with van der Waals surface area (Å²) in [4.78, 5) is 13.7. The highest BCUT2D eigenvalue weighted by Crippen LogP contribution is 2.34. The van der Waals surface area contributed by atoms with Gasteiger partial charge in [0.15, 0.2) is 11.5 Å². The third-order valence-electron chi connectivity index (χ3n) is 3.08. The van der Waals surface area contributed by atoms with Gasteiger partial charge >= 0.3 is 0 Å². The first-order chi connectivity index (χ1) is 9.87. The Morgan fingerprint density at radius 3 is 2.33 bits per heavy atom. The molecule has 0 saturated heterocycles. The molecule has 1 amide bonds. The van der Waals surface area contributed by atoms with Crippen molar-refractivity contribution in [1.82, 2.24) is 4.90 Å². The first kappa shape index (κ1) is 16.2. The number of nitrogens with two attached hydrogens (primary N) is 2. The maximum atomic E-state index is 12.2. The van der Waals surface area contributed by atoms with Crippen molar-refractivity contribution in [2.24, 2.45) is 5.73 Å². The smallest absolute Gasteiger partial charge is 0.266 e. The van der Waals surface area contributed by atoms with Crippen LogP contribution >= 0.6 is 0 Å². The van der Waals surface area contributed by atoms with E-state index in [4.69, 9.17) is 11.5 Å². The van der Waals surface area contributed by atoms with Crippen molar-refractivity contribution >= 4 is 17.3 Å². The molecule has 0 aliphatic heterocycles. The van der Waals surface area contributed by atoms with Crippen molar-refractivity contribution in [2.45, 2.75) is 13.8 Å². The van der Waals surface area contributed by atoms with E-state index in [1.54, 1.807) is 19.9 Å². The minimum Gasteiger partial charge on any atom is -0.504 e. The highest BCUT2D eigenvalue weighted by Gasteiger charge is 2.20. The molecular weight excluding hydrogens is 272 g/mol. The van der Waals surface area contributed by atoms with E-state index in [9.17, 15) is 20.3 Å². The number of benzene rings is 1. The fourth-order valence-electron chi connectivity index (χ4n) is 1.83. The van der Waals surface area contributed by atoms with Crippen LogP contribution in [0.25, 0.3) is 5.70 Å². The molecule has 0 bridgehead atoms. The van der Waals surface area contributed by atoms with Gasteiger partial charge in [0.25, 0.3) is 5.91 Å². The lowest BCUT2D eigenvalue weighted by Crippen LogP contribution is -2.32. The van der Waals surface area contributed by atoms with Gasteiger partial charge in [-0.2, -0.15) is 5.26 Å². The van der Waals surface area contributed by atoms with Crippen molar-refractivity contribution in [3.05, 3.63) is 23.3 Å². The van der Waals surface area contributed by atoms with Gasteiger partial charge in [-0.05, 0) is 26.0 Å². The summed E-state index contributed by atoms with van der Waals surface area (Å²) in [5, 5.41) is 28.1. The number of carbonyl (C=O) groups is 1. The number of phenolic OH excluding ortho intramolecular Hbond substituents is 2. The van der Waals surface area contributed by atoms with Crippen LogP contribution in [-0.4, -0.2) is 34.1 Å². The summed E-state index contributed by atoms with van der Waals surface area (Å²) in [5.41, 5.74) is 11.1. The topological polar surface area (TPSA) is 137 Å². The van der Waals surface area contributed by atoms with Crippen LogP contribution in [0.3, 0.4) is 0 Å². The van der Waals surface area contributed by atoms with Crippen LogP contribution < -0.4 is 11.5 Å². The third kappa shape index (κ3) is 3.17. The van der Waals surface area contributed by atoms with E-state index in [2.05, 4.69) is 0 Å². The van der Waals surface area contributed by atoms with Crippen LogP contribution in [0, 0.1) is 11.3 Å². The van der Waals surface area contributed by atoms with Crippen LogP contribution in [0.2, 0.25) is 0 Å². The lowest BCUT2D eigenvalue weighted by Gasteiger charge is -2.19. The molecule has 0 atom stereocenters. The van der Waals surface area contributed by atoms with Crippen molar-refractivity contribution in [3.8, 4) is 17.6 Å². The second-order valence-electron chi connectivity index (χ2n) is 4.31. The maximum absolute atomic E-state index is 12.2. The largest absolute Gasteiger partial charge is 0.504 e. The lowest BCUT2D eigenvalue weighted by atomic mass is 10.0. The molecular formula is C14H18N4O3. The SMILES string of the molecule is CCN(CC)C(=O)/C(C#N)=C(\N)c1cc(N)c(O)c(O)c1. The minimum absolute atomic E-state index is 0.0967. The highest BCUT2D eigenvalue weighted by atomic mass is 16.3. The monoisotopic (exact) mass is 290 g/mol. The first-order valence-electron chi connectivity index (χ1n) is 6.38. The van der Waals surface area contributed by atoms with E-state index in [1.165, 1.54) is 11.0 Å². The van der Waals surface area contributed by atoms with E-state index < -0.39 is 17.4 Å². The molecule has 0 aliphatic carbocycles. The Bertz CT molecular complexity index is 605. The summed E-state index contributed by atoms with van der Waals surface area (Å²) >= 11 is 0. The number of carbonyl (C=O) groups excluding carboxylic acids is 1. The van der Waals surface area contributed by atoms with Gasteiger partial charge in [0.1, 0.15) is 11.6 Å². The van der Waals surface area contributed by atoms with Crippen LogP contribution in [0.5, 0.6) is 11.5 Å². The molecule has 0 fully saturated rings. The quantitative estimate of drug-likeness (QED) is 0.279. The molecule has 7 heteroatoms. The van der Waals surface area contributed by atoms with Crippen LogP contribution in [0.15, 0.2) is 17.7 Å². The Labute approximate surface area is 122 Å². The Morgan fingerprint density at radius 2 is 1.90 bits per heavy atom. The molecule has 1 rings (SSSR count). The Morgan fingerprint density at radius 1 is 1.33 bits per heavy atom. The third-order valence-corrected chi connectivity index (χ3v) is 3.08. The molecule has 1 aromatic carbocycles. The molecule has 21 heavy (non-hydrogen) atoms. The molecule has 0 aromatic heterocycles. The standard InChI is InChI=1S/C14H18N4O3/c1-3-18(4-2)14(21)9(7-15)12(17)8-5-10(16)13(20)11(19)6-8/h5-6,19-20H,3-4,16-17H2,1-2H3/b12-9-. The van der Waals surface area contributed by atoms with Gasteiger partial charge in [-0.1, -0.05) is 0 Å². The highest BCUT2D eigenvalue weighted by molar-refractivity contribution is 6.04. The molecule has 0 aliphatic rings. The number of hydrogen-bond acceptors (Lipinski definition) is 6. The predicted octanol–water partition coefficient (Wildman–Crippen LogP) is 0.742. The lowest BCUT2D eigenvalue weighted by molar-refractivity contribution is -0.126. The van der Waals surface area contributed by atoms with Gasteiger partial charge in [-0.25, -0.2) is 0 Å². The number of aromatic hydroxyl groups is 2. The van der Waals surface area contributed by atoms with E-state index in [0.29, 0.717) is 13.1 Å². The normalized spacial score (nSPS) is 11.5. The van der Waals surface area contributed by atoms with E-state index in [1.807, 2.05) is 0 Å². The molecule has 0 unspecified atom stereocenters. The van der Waals surface area contributed by atoms with Crippen molar-refractivity contribution in [3.63, 3.8) is 0 Å². The number of nitrogen functional groups attached to an aromatic ring is 1. The molecule has 0 saturated carbocycles. The molecule has 0 radical (unpaired) electrons. The number of likely N-dealkylation sites (N-methyl/N-ethyl adjacent to an activating group) is 1. The number of nitriles is 1. The average molecular weight is 290 g/mol. The first-order valence-corrected chi connectivity index (χ1v) is 6.38. The maximum Gasteiger partial charge on any atom is 0.266 e. The van der Waals surface area contributed by atoms with Crippen LogP contribution in [-0.2, 0) is 4.79 Å². The average Bonchev–Trinajstić information content (AvgIpc) is 2.46. The summed E-state index contributed by atoms with van der Waals surface area (Å²) in [6.45, 7) is 4.46. The zero-order valence-corrected chi connectivity index (χ0v) is 11.9. The molecule has 1 aromatic rings. The van der Waals surface area contributed by atoms with Gasteiger partial charge in [0.05, 0.1) is 11.4 Å². The molecule has 0 spiro atoms. The Kier molecular flexibility index (Phi) is 5.02. The van der Waals surface area contributed by atoms with Crippen molar-refractivity contribution in [2.75, 3.05) is 18.8 Å². The Balaban J connectivity index is 3.38. The molecule has 7 nitrogen and oxygen atoms in total. The second kappa shape index (κ2) is 6.52. The molecule has 6 N–H and O–H groups in total. The Hall–Kier alpha value is -2.88. The van der Waals surface area contributed by atoms with Crippen LogP contribution in [0.4, 0.5) is 5.69 Å². The van der Waals surface area contributed by atoms with Crippen LogP contribution in [0.1, 0.15) is 19.4 Å². The molecule has 0 heterocycles. The minimum atomic E-state index is -0.494. The van der Waals surface area contributed by atoms with Gasteiger partial charge in [0.2, 0.25) is 0 Å². The number of amides is 1. The van der Waals surface area contributed by atoms with Crippen molar-refractivity contribution in [1.29, 1.82) is 5.26 Å². The predicted molar refractivity (Wildman–Crippen MR) is 78.8 cm³/mol. The number of nitrogens with zero attached hydrogens (tertiary/aromatic N) is 2. The summed E-state index contributed by atoms with van der Waals surface area (Å²) in [7, 11) is 0.